The maximum atomic E-state index is 11.9. The van der Waals surface area contributed by atoms with Crippen LogP contribution in [0.1, 0.15) is 40.5 Å². The molecule has 0 bridgehead atoms. The summed E-state index contributed by atoms with van der Waals surface area (Å²) in [6.07, 6.45) is 1.22. The Bertz CT molecular complexity index is 612. The van der Waals surface area contributed by atoms with E-state index in [0.717, 1.165) is 6.42 Å². The third-order valence-corrected chi connectivity index (χ3v) is 3.42. The number of thiocarbonyl (C=S) groups is 1. The number of anilines is 2. The van der Waals surface area contributed by atoms with Crippen LogP contribution in [0.5, 0.6) is 0 Å². The molecule has 0 saturated heterocycles. The molecular weight excluding hydrogens is 334 g/mol. The average Bonchev–Trinajstić information content (AvgIpc) is 2.41. The molecule has 0 aliphatic heterocycles. The Kier molecular flexibility index (Phi) is 6.97. The van der Waals surface area contributed by atoms with Crippen LogP contribution in [0.4, 0.5) is 11.4 Å². The monoisotopic (exact) mass is 355 g/mol. The fraction of sp³-hybridized carbons (Fsp3) is 0.438. The summed E-state index contributed by atoms with van der Waals surface area (Å²) < 4.78 is 0. The normalized spacial score (nSPS) is 10.8. The van der Waals surface area contributed by atoms with Crippen molar-refractivity contribution in [3.63, 3.8) is 0 Å². The van der Waals surface area contributed by atoms with Crippen molar-refractivity contribution in [3.05, 3.63) is 23.2 Å². The Morgan fingerprint density at radius 2 is 1.87 bits per heavy atom. The first kappa shape index (κ1) is 19.4. The van der Waals surface area contributed by atoms with E-state index in [1.165, 1.54) is 0 Å². The predicted molar refractivity (Wildman–Crippen MR) is 98.8 cm³/mol. The number of rotatable bonds is 4. The van der Waals surface area contributed by atoms with Gasteiger partial charge in [0.2, 0.25) is 11.8 Å². The van der Waals surface area contributed by atoms with Crippen molar-refractivity contribution in [1.29, 1.82) is 0 Å². The van der Waals surface area contributed by atoms with Crippen LogP contribution in [0.2, 0.25) is 5.02 Å². The molecule has 23 heavy (non-hydrogen) atoms. The molecule has 0 atom stereocenters. The number of hydrogen-bond donors (Lipinski definition) is 3. The molecule has 1 aromatic carbocycles. The predicted octanol–water partition coefficient (Wildman–Crippen LogP) is 3.94. The summed E-state index contributed by atoms with van der Waals surface area (Å²) in [5.41, 5.74) is 0.575. The van der Waals surface area contributed by atoms with Crippen LogP contribution < -0.4 is 16.0 Å². The first-order chi connectivity index (χ1) is 10.6. The summed E-state index contributed by atoms with van der Waals surface area (Å²) in [6.45, 7) is 7.32. The Hall–Kier alpha value is -1.66. The van der Waals surface area contributed by atoms with Gasteiger partial charge >= 0.3 is 0 Å². The minimum atomic E-state index is -0.550. The Morgan fingerprint density at radius 3 is 2.43 bits per heavy atom. The number of nitrogens with one attached hydrogen (secondary N) is 3. The fourth-order valence-electron chi connectivity index (χ4n) is 1.59. The van der Waals surface area contributed by atoms with E-state index in [2.05, 4.69) is 16.0 Å². The highest BCUT2D eigenvalue weighted by Crippen LogP contribution is 2.25. The molecular formula is C16H22ClN3O2S. The van der Waals surface area contributed by atoms with Gasteiger partial charge in [-0.1, -0.05) is 39.3 Å². The topological polar surface area (TPSA) is 70.2 Å². The summed E-state index contributed by atoms with van der Waals surface area (Å²) in [5.74, 6) is -0.261. The minimum absolute atomic E-state index is 0.0654. The third-order valence-electron chi connectivity index (χ3n) is 2.88. The van der Waals surface area contributed by atoms with Gasteiger partial charge in [0.1, 0.15) is 0 Å². The number of benzene rings is 1. The number of carbonyl (C=O) groups is 2. The lowest BCUT2D eigenvalue weighted by molar-refractivity contribution is -0.126. The first-order valence-electron chi connectivity index (χ1n) is 7.35. The first-order valence-corrected chi connectivity index (χ1v) is 8.14. The van der Waals surface area contributed by atoms with Gasteiger partial charge in [-0.15, -0.1) is 0 Å². The van der Waals surface area contributed by atoms with Crippen LogP contribution in [0, 0.1) is 5.41 Å². The summed E-state index contributed by atoms with van der Waals surface area (Å²) >= 11 is 11.2. The fourth-order valence-corrected chi connectivity index (χ4v) is 1.96. The molecule has 0 aliphatic rings. The highest BCUT2D eigenvalue weighted by molar-refractivity contribution is 7.80. The molecule has 0 unspecified atom stereocenters. The van der Waals surface area contributed by atoms with E-state index in [0.29, 0.717) is 22.8 Å². The van der Waals surface area contributed by atoms with Gasteiger partial charge in [0.25, 0.3) is 0 Å². The maximum Gasteiger partial charge on any atom is 0.231 e. The zero-order valence-corrected chi connectivity index (χ0v) is 15.3. The van der Waals surface area contributed by atoms with Crippen LogP contribution in [0.25, 0.3) is 0 Å². The van der Waals surface area contributed by atoms with E-state index in [-0.39, 0.29) is 16.9 Å². The summed E-state index contributed by atoms with van der Waals surface area (Å²) in [4.78, 5) is 23.5. The zero-order chi connectivity index (χ0) is 17.6. The van der Waals surface area contributed by atoms with E-state index >= 15 is 0 Å². The number of amides is 2. The van der Waals surface area contributed by atoms with E-state index < -0.39 is 5.41 Å². The second-order valence-corrected chi connectivity index (χ2v) is 6.97. The molecule has 2 amide bonds. The van der Waals surface area contributed by atoms with Crippen molar-refractivity contribution in [2.75, 3.05) is 10.6 Å². The van der Waals surface area contributed by atoms with Gasteiger partial charge < -0.3 is 16.0 Å². The number of carbonyl (C=O) groups excluding carboxylic acids is 2. The SMILES string of the molecule is CCCC(=O)Nc1ccc(Cl)c(NC(=S)NC(=O)C(C)(C)C)c1. The van der Waals surface area contributed by atoms with E-state index in [1.54, 1.807) is 39.0 Å². The summed E-state index contributed by atoms with van der Waals surface area (Å²) in [5, 5.41) is 8.86. The summed E-state index contributed by atoms with van der Waals surface area (Å²) in [7, 11) is 0. The lowest BCUT2D eigenvalue weighted by Gasteiger charge is -2.19. The number of hydrogen-bond acceptors (Lipinski definition) is 3. The van der Waals surface area contributed by atoms with Gasteiger partial charge in [-0.3, -0.25) is 9.59 Å². The third kappa shape index (κ3) is 6.54. The molecule has 126 valence electrons. The Balaban J connectivity index is 2.78. The van der Waals surface area contributed by atoms with Gasteiger partial charge in [0.05, 0.1) is 10.7 Å². The van der Waals surface area contributed by atoms with Crippen molar-refractivity contribution < 1.29 is 9.59 Å². The molecule has 0 spiro atoms. The molecule has 0 radical (unpaired) electrons. The van der Waals surface area contributed by atoms with Crippen molar-refractivity contribution in [1.82, 2.24) is 5.32 Å². The zero-order valence-electron chi connectivity index (χ0n) is 13.7. The maximum absolute atomic E-state index is 11.9. The van der Waals surface area contributed by atoms with Gasteiger partial charge in [0, 0.05) is 17.5 Å². The van der Waals surface area contributed by atoms with Gasteiger partial charge in [-0.05, 0) is 36.8 Å². The van der Waals surface area contributed by atoms with Crippen molar-refractivity contribution in [3.8, 4) is 0 Å². The second-order valence-electron chi connectivity index (χ2n) is 6.15. The van der Waals surface area contributed by atoms with E-state index in [1.807, 2.05) is 6.92 Å². The average molecular weight is 356 g/mol. The molecule has 5 nitrogen and oxygen atoms in total. The lowest BCUT2D eigenvalue weighted by atomic mass is 9.96. The quantitative estimate of drug-likeness (QED) is 0.715. The highest BCUT2D eigenvalue weighted by atomic mass is 35.5. The smallest absolute Gasteiger partial charge is 0.231 e. The molecule has 0 aliphatic carbocycles. The van der Waals surface area contributed by atoms with Crippen LogP contribution >= 0.6 is 23.8 Å². The van der Waals surface area contributed by atoms with Gasteiger partial charge in [-0.25, -0.2) is 0 Å². The van der Waals surface area contributed by atoms with Crippen molar-refractivity contribution in [2.24, 2.45) is 5.41 Å². The largest absolute Gasteiger partial charge is 0.331 e. The van der Waals surface area contributed by atoms with Crippen LogP contribution in [0.15, 0.2) is 18.2 Å². The molecule has 1 rings (SSSR count). The van der Waals surface area contributed by atoms with E-state index in [4.69, 9.17) is 23.8 Å². The molecule has 0 aromatic heterocycles. The van der Waals surface area contributed by atoms with Gasteiger partial charge in [0.15, 0.2) is 5.11 Å². The molecule has 7 heteroatoms. The lowest BCUT2D eigenvalue weighted by Crippen LogP contribution is -2.41. The highest BCUT2D eigenvalue weighted by Gasteiger charge is 2.22. The molecule has 0 heterocycles. The van der Waals surface area contributed by atoms with Crippen molar-refractivity contribution >= 4 is 52.1 Å². The second kappa shape index (κ2) is 8.26. The number of halogens is 1. The van der Waals surface area contributed by atoms with Crippen molar-refractivity contribution in [2.45, 2.75) is 40.5 Å². The van der Waals surface area contributed by atoms with Crippen LogP contribution in [0.3, 0.4) is 0 Å². The van der Waals surface area contributed by atoms with Gasteiger partial charge in [-0.2, -0.15) is 0 Å². The molecule has 0 saturated carbocycles. The van der Waals surface area contributed by atoms with Crippen LogP contribution in [-0.4, -0.2) is 16.9 Å². The molecule has 0 fully saturated rings. The molecule has 1 aromatic rings. The Morgan fingerprint density at radius 1 is 1.22 bits per heavy atom. The molecule has 3 N–H and O–H groups in total. The summed E-state index contributed by atoms with van der Waals surface area (Å²) in [6, 6.07) is 5.03. The minimum Gasteiger partial charge on any atom is -0.331 e. The van der Waals surface area contributed by atoms with E-state index in [9.17, 15) is 9.59 Å². The standard InChI is InChI=1S/C16H22ClN3O2S/c1-5-6-13(21)18-10-7-8-11(17)12(9-10)19-15(23)20-14(22)16(2,3)4/h7-9H,5-6H2,1-4H3,(H,18,21)(H2,19,20,22,23). The Labute approximate surface area is 147 Å². The van der Waals surface area contributed by atoms with Crippen LogP contribution in [-0.2, 0) is 9.59 Å².